The van der Waals surface area contributed by atoms with Crippen molar-refractivity contribution in [3.05, 3.63) is 99.0 Å². The van der Waals surface area contributed by atoms with Crippen LogP contribution in [0.15, 0.2) is 59.5 Å². The molecule has 8 nitrogen and oxygen atoms in total. The molecule has 2 aromatic carbocycles. The lowest BCUT2D eigenvalue weighted by Crippen LogP contribution is -2.57. The van der Waals surface area contributed by atoms with E-state index >= 15 is 0 Å². The van der Waals surface area contributed by atoms with Gasteiger partial charge in [0, 0.05) is 36.8 Å². The van der Waals surface area contributed by atoms with E-state index in [1.54, 1.807) is 43.1 Å². The molecule has 11 heteroatoms. The molecule has 39 heavy (non-hydrogen) atoms. The van der Waals surface area contributed by atoms with Crippen molar-refractivity contribution < 1.29 is 27.5 Å². The molecular formula is C28H27F3N4O4. The molecule has 0 spiro atoms. The summed E-state index contributed by atoms with van der Waals surface area (Å²) < 4.78 is 49.6. The minimum Gasteiger partial charge on any atom is -0.482 e. The van der Waals surface area contributed by atoms with Gasteiger partial charge in [0.15, 0.2) is 11.4 Å². The number of nitrogens with one attached hydrogen (secondary N) is 1. The van der Waals surface area contributed by atoms with Crippen LogP contribution in [0, 0.1) is 11.6 Å². The molecule has 5 rings (SSSR count). The average Bonchev–Trinajstić information content (AvgIpc) is 3.01. The zero-order valence-electron chi connectivity index (χ0n) is 21.4. The molecule has 3 atom stereocenters. The Morgan fingerprint density at radius 1 is 1.10 bits per heavy atom. The van der Waals surface area contributed by atoms with Crippen LogP contribution in [-0.4, -0.2) is 46.3 Å². The van der Waals surface area contributed by atoms with Gasteiger partial charge in [0.05, 0.1) is 6.04 Å². The number of nitrogens with zero attached hydrogens (tertiary/aromatic N) is 3. The van der Waals surface area contributed by atoms with Gasteiger partial charge >= 0.3 is 0 Å². The number of hydrogen-bond donors (Lipinski definition) is 1. The molecule has 1 aromatic heterocycles. The first-order valence-electron chi connectivity index (χ1n) is 12.6. The summed E-state index contributed by atoms with van der Waals surface area (Å²) in [5.74, 6) is -3.36. The maximum atomic E-state index is 15.0. The molecular weight excluding hydrogens is 513 g/mol. The number of aromatic nitrogens is 1. The predicted octanol–water partition coefficient (Wildman–Crippen LogP) is 3.51. The minimum atomic E-state index is -1.29. The SMILES string of the molecule is C[C@@H]1C[C@H](F)[C@H](C)N2CN1n1cc(C(=O)NCc3ccc(F)cc3F)c(=O)c(OCc3ccccc3)c1C2=O. The maximum absolute atomic E-state index is 15.0. The molecule has 2 amide bonds. The summed E-state index contributed by atoms with van der Waals surface area (Å²) in [7, 11) is 0. The van der Waals surface area contributed by atoms with E-state index in [0.29, 0.717) is 6.07 Å². The van der Waals surface area contributed by atoms with Gasteiger partial charge in [-0.1, -0.05) is 36.4 Å². The van der Waals surface area contributed by atoms with Gasteiger partial charge in [-0.15, -0.1) is 0 Å². The zero-order chi connectivity index (χ0) is 27.8. The molecule has 0 aliphatic carbocycles. The average molecular weight is 541 g/mol. The van der Waals surface area contributed by atoms with E-state index in [1.165, 1.54) is 21.8 Å². The first-order valence-corrected chi connectivity index (χ1v) is 12.6. The van der Waals surface area contributed by atoms with Crippen molar-refractivity contribution in [1.29, 1.82) is 0 Å². The van der Waals surface area contributed by atoms with Gasteiger partial charge in [0.1, 0.15) is 36.6 Å². The van der Waals surface area contributed by atoms with E-state index in [2.05, 4.69) is 5.32 Å². The van der Waals surface area contributed by atoms with Crippen molar-refractivity contribution >= 4 is 11.8 Å². The monoisotopic (exact) mass is 540 g/mol. The van der Waals surface area contributed by atoms with Crippen LogP contribution in [0.3, 0.4) is 0 Å². The number of carbonyl (C=O) groups is 2. The highest BCUT2D eigenvalue weighted by Crippen LogP contribution is 2.31. The van der Waals surface area contributed by atoms with Gasteiger partial charge in [-0.25, -0.2) is 13.2 Å². The predicted molar refractivity (Wildman–Crippen MR) is 137 cm³/mol. The fourth-order valence-corrected chi connectivity index (χ4v) is 4.87. The second-order valence-electron chi connectivity index (χ2n) is 9.78. The number of pyridine rings is 1. The van der Waals surface area contributed by atoms with Gasteiger partial charge in [0.2, 0.25) is 5.43 Å². The second kappa shape index (κ2) is 10.5. The molecule has 3 heterocycles. The van der Waals surface area contributed by atoms with Crippen LogP contribution >= 0.6 is 0 Å². The molecule has 2 bridgehead atoms. The number of halogens is 3. The van der Waals surface area contributed by atoms with Crippen LogP contribution in [0.2, 0.25) is 0 Å². The fraction of sp³-hybridized carbons (Fsp3) is 0.321. The molecule has 2 aliphatic heterocycles. The number of fused-ring (bicyclic) bond motifs is 4. The highest BCUT2D eigenvalue weighted by atomic mass is 19.1. The van der Waals surface area contributed by atoms with E-state index in [4.69, 9.17) is 4.74 Å². The van der Waals surface area contributed by atoms with Crippen molar-refractivity contribution in [2.75, 3.05) is 11.7 Å². The standard InChI is InChI=1S/C28H27F3N4O4/c1-16-10-22(30)17(2)33-15-35(16)34-13-21(27(37)32-12-19-8-9-20(29)11-23(19)31)25(36)26(24(34)28(33)38)39-14-18-6-4-3-5-7-18/h3-9,11,13,16-17,22H,10,12,14-15H2,1-2H3,(H,32,37)/t16-,17+,22+/m1/s1. The van der Waals surface area contributed by atoms with E-state index in [9.17, 15) is 27.6 Å². The number of amides is 2. The Morgan fingerprint density at radius 2 is 1.85 bits per heavy atom. The third kappa shape index (κ3) is 4.96. The summed E-state index contributed by atoms with van der Waals surface area (Å²) in [4.78, 5) is 41.8. The van der Waals surface area contributed by atoms with Crippen LogP contribution in [0.25, 0.3) is 0 Å². The summed E-state index contributed by atoms with van der Waals surface area (Å²) in [6.07, 6.45) is 0.0677. The summed E-state index contributed by atoms with van der Waals surface area (Å²) in [6, 6.07) is 10.8. The molecule has 0 radical (unpaired) electrons. The number of carbonyl (C=O) groups excluding carboxylic acids is 2. The van der Waals surface area contributed by atoms with Gasteiger partial charge in [-0.3, -0.25) is 24.1 Å². The van der Waals surface area contributed by atoms with E-state index in [-0.39, 0.29) is 54.9 Å². The van der Waals surface area contributed by atoms with Crippen LogP contribution in [0.5, 0.6) is 5.75 Å². The molecule has 1 saturated heterocycles. The first-order chi connectivity index (χ1) is 18.7. The van der Waals surface area contributed by atoms with Crippen molar-refractivity contribution in [3.63, 3.8) is 0 Å². The summed E-state index contributed by atoms with van der Waals surface area (Å²) in [5.41, 5.74) is -0.522. The molecule has 3 aromatic rings. The van der Waals surface area contributed by atoms with Gasteiger partial charge in [0.25, 0.3) is 11.8 Å². The third-order valence-corrected chi connectivity index (χ3v) is 7.20. The molecule has 0 unspecified atom stereocenters. The Morgan fingerprint density at radius 3 is 2.56 bits per heavy atom. The van der Waals surface area contributed by atoms with Crippen molar-refractivity contribution in [1.82, 2.24) is 14.9 Å². The molecule has 0 saturated carbocycles. The number of benzene rings is 2. The molecule has 204 valence electrons. The quantitative estimate of drug-likeness (QED) is 0.518. The summed E-state index contributed by atoms with van der Waals surface area (Å²) in [6.45, 7) is 3.10. The van der Waals surface area contributed by atoms with Crippen LogP contribution in [0.1, 0.15) is 52.2 Å². The second-order valence-corrected chi connectivity index (χ2v) is 9.78. The van der Waals surface area contributed by atoms with Crippen LogP contribution in [0.4, 0.5) is 13.2 Å². The maximum Gasteiger partial charge on any atom is 0.278 e. The Labute approximate surface area is 222 Å². The zero-order valence-corrected chi connectivity index (χ0v) is 21.4. The van der Waals surface area contributed by atoms with E-state index in [1.807, 2.05) is 6.07 Å². The Balaban J connectivity index is 1.57. The first kappa shape index (κ1) is 26.3. The Hall–Kier alpha value is -4.28. The molecule has 1 N–H and O–H groups in total. The van der Waals surface area contributed by atoms with Crippen LogP contribution in [-0.2, 0) is 13.2 Å². The number of rotatable bonds is 6. The smallest absolute Gasteiger partial charge is 0.278 e. The third-order valence-electron chi connectivity index (χ3n) is 7.20. The number of ether oxygens (including phenoxy) is 1. The largest absolute Gasteiger partial charge is 0.482 e. The summed E-state index contributed by atoms with van der Waals surface area (Å²) >= 11 is 0. The lowest BCUT2D eigenvalue weighted by atomic mass is 10.1. The Bertz CT molecular complexity index is 1480. The highest BCUT2D eigenvalue weighted by Gasteiger charge is 2.43. The summed E-state index contributed by atoms with van der Waals surface area (Å²) in [5, 5.41) is 4.19. The Kier molecular flexibility index (Phi) is 7.07. The van der Waals surface area contributed by atoms with Gasteiger partial charge < -0.3 is 15.0 Å². The lowest BCUT2D eigenvalue weighted by molar-refractivity contribution is 0.0550. The highest BCUT2D eigenvalue weighted by molar-refractivity contribution is 5.99. The molecule has 1 fully saturated rings. The number of alkyl halides is 1. The number of hydrogen-bond acceptors (Lipinski definition) is 5. The van der Waals surface area contributed by atoms with Crippen molar-refractivity contribution in [2.24, 2.45) is 0 Å². The van der Waals surface area contributed by atoms with E-state index < -0.39 is 41.1 Å². The van der Waals surface area contributed by atoms with Crippen molar-refractivity contribution in [3.8, 4) is 5.75 Å². The molecule has 2 aliphatic rings. The lowest BCUT2D eigenvalue weighted by Gasteiger charge is -2.42. The van der Waals surface area contributed by atoms with Gasteiger partial charge in [-0.05, 0) is 25.5 Å². The minimum absolute atomic E-state index is 0.0262. The topological polar surface area (TPSA) is 83.9 Å². The fourth-order valence-electron chi connectivity index (χ4n) is 4.87. The normalized spacial score (nSPS) is 20.3. The van der Waals surface area contributed by atoms with Gasteiger partial charge in [-0.2, -0.15) is 0 Å². The van der Waals surface area contributed by atoms with Crippen LogP contribution < -0.4 is 20.5 Å². The van der Waals surface area contributed by atoms with Crippen molar-refractivity contribution in [2.45, 2.75) is 51.7 Å². The van der Waals surface area contributed by atoms with E-state index in [0.717, 1.165) is 11.6 Å².